The summed E-state index contributed by atoms with van der Waals surface area (Å²) in [7, 11) is 0. The highest BCUT2D eigenvalue weighted by molar-refractivity contribution is 5.91. The molecule has 140 valence electrons. The molecule has 0 atom stereocenters. The van der Waals surface area contributed by atoms with Crippen LogP contribution in [0, 0.1) is 6.92 Å². The van der Waals surface area contributed by atoms with Crippen molar-refractivity contribution >= 4 is 22.6 Å². The highest BCUT2D eigenvalue weighted by Crippen LogP contribution is 2.30. The summed E-state index contributed by atoms with van der Waals surface area (Å²) in [5.74, 6) is 0.587. The fourth-order valence-corrected chi connectivity index (χ4v) is 3.42. The van der Waals surface area contributed by atoms with Crippen LogP contribution >= 0.6 is 0 Å². The normalized spacial score (nSPS) is 10.9. The van der Waals surface area contributed by atoms with Gasteiger partial charge in [0.2, 0.25) is 5.91 Å². The van der Waals surface area contributed by atoms with Gasteiger partial charge in [0.25, 0.3) is 0 Å². The van der Waals surface area contributed by atoms with E-state index < -0.39 is 0 Å². The van der Waals surface area contributed by atoms with Gasteiger partial charge in [-0.1, -0.05) is 24.3 Å². The maximum Gasteiger partial charge on any atom is 0.225 e. The third-order valence-electron chi connectivity index (χ3n) is 4.75. The predicted octanol–water partition coefficient (Wildman–Crippen LogP) is 4.89. The summed E-state index contributed by atoms with van der Waals surface area (Å²) in [5.41, 5.74) is 5.32. The maximum absolute atomic E-state index is 12.3. The van der Waals surface area contributed by atoms with Gasteiger partial charge in [-0.2, -0.15) is 0 Å². The molecule has 0 radical (unpaired) electrons. The zero-order valence-electron chi connectivity index (χ0n) is 15.8. The van der Waals surface area contributed by atoms with Crippen molar-refractivity contribution in [3.05, 3.63) is 78.1 Å². The quantitative estimate of drug-likeness (QED) is 0.507. The van der Waals surface area contributed by atoms with Crippen molar-refractivity contribution in [2.45, 2.75) is 26.2 Å². The first-order valence-corrected chi connectivity index (χ1v) is 9.44. The van der Waals surface area contributed by atoms with E-state index >= 15 is 0 Å². The summed E-state index contributed by atoms with van der Waals surface area (Å²) < 4.78 is 0. The van der Waals surface area contributed by atoms with Crippen LogP contribution in [0.15, 0.2) is 67.0 Å². The number of carbonyl (C=O) groups is 1. The summed E-state index contributed by atoms with van der Waals surface area (Å²) >= 11 is 0. The Hall–Kier alpha value is -3.47. The highest BCUT2D eigenvalue weighted by atomic mass is 16.1. The summed E-state index contributed by atoms with van der Waals surface area (Å²) in [5, 5.41) is 4.06. The number of aromatic amines is 1. The average Bonchev–Trinajstić information content (AvgIpc) is 3.07. The van der Waals surface area contributed by atoms with E-state index in [1.54, 1.807) is 12.4 Å². The average molecular weight is 370 g/mol. The van der Waals surface area contributed by atoms with Gasteiger partial charge in [0, 0.05) is 29.7 Å². The minimum absolute atomic E-state index is 0.0164. The van der Waals surface area contributed by atoms with E-state index in [9.17, 15) is 4.79 Å². The molecule has 0 bridgehead atoms. The second-order valence-electron chi connectivity index (χ2n) is 6.86. The Bertz CT molecular complexity index is 1100. The largest absolute Gasteiger partial charge is 0.353 e. The van der Waals surface area contributed by atoms with Crippen LogP contribution in [0.25, 0.3) is 22.3 Å². The number of fused-ring (bicyclic) bond motifs is 1. The summed E-state index contributed by atoms with van der Waals surface area (Å²) in [6.45, 7) is 1.98. The van der Waals surface area contributed by atoms with Crippen LogP contribution in [0.4, 0.5) is 5.82 Å². The molecule has 1 aromatic carbocycles. The molecule has 0 aliphatic heterocycles. The van der Waals surface area contributed by atoms with E-state index in [2.05, 4.69) is 32.4 Å². The van der Waals surface area contributed by atoms with Gasteiger partial charge in [-0.3, -0.25) is 9.78 Å². The monoisotopic (exact) mass is 370 g/mol. The SMILES string of the molecule is Cc1ccnc(NC(=O)CCCc2c(-c3ccccn3)[nH]c3ccccc23)c1. The van der Waals surface area contributed by atoms with Crippen molar-refractivity contribution in [1.29, 1.82) is 0 Å². The Labute approximate surface area is 163 Å². The topological polar surface area (TPSA) is 70.7 Å². The van der Waals surface area contributed by atoms with Gasteiger partial charge in [0.05, 0.1) is 11.4 Å². The zero-order valence-corrected chi connectivity index (χ0v) is 15.8. The van der Waals surface area contributed by atoms with Crippen LogP contribution in [0.3, 0.4) is 0 Å². The number of amides is 1. The lowest BCUT2D eigenvalue weighted by Crippen LogP contribution is -2.12. The molecule has 2 N–H and O–H groups in total. The first-order chi connectivity index (χ1) is 13.7. The van der Waals surface area contributed by atoms with Gasteiger partial charge in [-0.05, 0) is 61.2 Å². The Morgan fingerprint density at radius 3 is 2.71 bits per heavy atom. The molecule has 3 heterocycles. The second kappa shape index (κ2) is 8.05. The van der Waals surface area contributed by atoms with Crippen LogP contribution in [0.2, 0.25) is 0 Å². The van der Waals surface area contributed by atoms with Crippen molar-refractivity contribution in [2.24, 2.45) is 0 Å². The van der Waals surface area contributed by atoms with Crippen LogP contribution in [-0.4, -0.2) is 20.9 Å². The fraction of sp³-hybridized carbons (Fsp3) is 0.174. The minimum Gasteiger partial charge on any atom is -0.353 e. The number of anilines is 1. The number of hydrogen-bond donors (Lipinski definition) is 2. The van der Waals surface area contributed by atoms with Crippen molar-refractivity contribution in [1.82, 2.24) is 15.0 Å². The van der Waals surface area contributed by atoms with E-state index in [-0.39, 0.29) is 5.91 Å². The number of carbonyl (C=O) groups excluding carboxylic acids is 1. The Morgan fingerprint density at radius 1 is 1.04 bits per heavy atom. The number of nitrogens with zero attached hydrogens (tertiary/aromatic N) is 2. The molecule has 28 heavy (non-hydrogen) atoms. The molecule has 4 rings (SSSR count). The molecule has 0 aliphatic rings. The van der Waals surface area contributed by atoms with Gasteiger partial charge < -0.3 is 10.3 Å². The van der Waals surface area contributed by atoms with Crippen LogP contribution < -0.4 is 5.32 Å². The van der Waals surface area contributed by atoms with Crippen LogP contribution in [0.5, 0.6) is 0 Å². The Morgan fingerprint density at radius 2 is 1.89 bits per heavy atom. The lowest BCUT2D eigenvalue weighted by molar-refractivity contribution is -0.116. The van der Waals surface area contributed by atoms with Crippen molar-refractivity contribution in [2.75, 3.05) is 5.32 Å². The molecule has 5 nitrogen and oxygen atoms in total. The molecule has 0 unspecified atom stereocenters. The molecule has 1 amide bonds. The smallest absolute Gasteiger partial charge is 0.225 e. The first kappa shape index (κ1) is 17.9. The second-order valence-corrected chi connectivity index (χ2v) is 6.86. The molecule has 0 fully saturated rings. The summed E-state index contributed by atoms with van der Waals surface area (Å²) in [6.07, 6.45) is 5.49. The van der Waals surface area contributed by atoms with Crippen molar-refractivity contribution in [3.8, 4) is 11.4 Å². The van der Waals surface area contributed by atoms with Gasteiger partial charge in [0.1, 0.15) is 5.82 Å². The molecular formula is C23H22N4O. The number of pyridine rings is 2. The standard InChI is InChI=1S/C23H22N4O/c1-16-12-14-25-21(15-16)27-22(28)11-6-8-18-17-7-2-3-9-19(17)26-23(18)20-10-4-5-13-24-20/h2-5,7,9-10,12-15,26H,6,8,11H2,1H3,(H,25,27,28). The lowest BCUT2D eigenvalue weighted by Gasteiger charge is -2.07. The van der Waals surface area contributed by atoms with Gasteiger partial charge in [-0.25, -0.2) is 4.98 Å². The molecule has 0 spiro atoms. The third-order valence-corrected chi connectivity index (χ3v) is 4.75. The number of aryl methyl sites for hydroxylation is 2. The molecular weight excluding hydrogens is 348 g/mol. The number of benzene rings is 1. The van der Waals surface area contributed by atoms with E-state index in [0.29, 0.717) is 12.2 Å². The van der Waals surface area contributed by atoms with Gasteiger partial charge in [-0.15, -0.1) is 0 Å². The van der Waals surface area contributed by atoms with Gasteiger partial charge >= 0.3 is 0 Å². The number of rotatable bonds is 6. The van der Waals surface area contributed by atoms with Crippen LogP contribution in [-0.2, 0) is 11.2 Å². The first-order valence-electron chi connectivity index (χ1n) is 9.44. The van der Waals surface area contributed by atoms with Gasteiger partial charge in [0.15, 0.2) is 0 Å². The predicted molar refractivity (Wildman–Crippen MR) is 112 cm³/mol. The minimum atomic E-state index is -0.0164. The summed E-state index contributed by atoms with van der Waals surface area (Å²) in [4.78, 5) is 24.5. The van der Waals surface area contributed by atoms with E-state index in [1.165, 1.54) is 10.9 Å². The molecule has 3 aromatic heterocycles. The number of H-pyrrole nitrogens is 1. The fourth-order valence-electron chi connectivity index (χ4n) is 3.42. The van der Waals surface area contributed by atoms with Crippen LogP contribution in [0.1, 0.15) is 24.0 Å². The van der Waals surface area contributed by atoms with E-state index in [4.69, 9.17) is 0 Å². The molecule has 0 saturated heterocycles. The van der Waals surface area contributed by atoms with E-state index in [0.717, 1.165) is 35.3 Å². The third kappa shape index (κ3) is 3.93. The highest BCUT2D eigenvalue weighted by Gasteiger charge is 2.14. The Kier molecular flexibility index (Phi) is 5.15. The lowest BCUT2D eigenvalue weighted by atomic mass is 10.0. The number of nitrogens with one attached hydrogen (secondary N) is 2. The zero-order chi connectivity index (χ0) is 19.3. The van der Waals surface area contributed by atoms with Crippen molar-refractivity contribution in [3.63, 3.8) is 0 Å². The van der Waals surface area contributed by atoms with Crippen molar-refractivity contribution < 1.29 is 4.79 Å². The molecule has 0 aliphatic carbocycles. The number of aromatic nitrogens is 3. The maximum atomic E-state index is 12.3. The summed E-state index contributed by atoms with van der Waals surface area (Å²) in [6, 6.07) is 17.9. The number of hydrogen-bond acceptors (Lipinski definition) is 3. The Balaban J connectivity index is 1.49. The molecule has 5 heteroatoms. The molecule has 4 aromatic rings. The van der Waals surface area contributed by atoms with E-state index in [1.807, 2.05) is 49.4 Å². The number of para-hydroxylation sites is 1. The molecule has 0 saturated carbocycles.